The Bertz CT molecular complexity index is 938. The lowest BCUT2D eigenvalue weighted by Gasteiger charge is -2.36. The lowest BCUT2D eigenvalue weighted by Crippen LogP contribution is -2.54. The van der Waals surface area contributed by atoms with Gasteiger partial charge in [-0.1, -0.05) is 24.3 Å². The van der Waals surface area contributed by atoms with Crippen molar-refractivity contribution in [2.24, 2.45) is 0 Å². The third-order valence-electron chi connectivity index (χ3n) is 5.50. The Kier molecular flexibility index (Phi) is 5.90. The Labute approximate surface area is 176 Å². The second-order valence-corrected chi connectivity index (χ2v) is 7.83. The summed E-state index contributed by atoms with van der Waals surface area (Å²) >= 11 is 0. The number of ether oxygens (including phenoxy) is 2. The number of piperazine rings is 1. The van der Waals surface area contributed by atoms with Crippen LogP contribution in [-0.4, -0.2) is 67.0 Å². The molecule has 2 aromatic rings. The zero-order chi connectivity index (χ0) is 21.1. The first-order valence-electron chi connectivity index (χ1n) is 10.3. The van der Waals surface area contributed by atoms with Crippen molar-refractivity contribution in [2.45, 2.75) is 20.0 Å². The first-order chi connectivity index (χ1) is 14.5. The number of carbonyl (C=O) groups excluding carboxylic acids is 2. The number of aryl methyl sites for hydroxylation is 2. The highest BCUT2D eigenvalue weighted by molar-refractivity contribution is 5.93. The van der Waals surface area contributed by atoms with E-state index in [2.05, 4.69) is 10.2 Å². The fraction of sp³-hybridized carbons (Fsp3) is 0.391. The van der Waals surface area contributed by atoms with Gasteiger partial charge in [-0.3, -0.25) is 14.5 Å². The van der Waals surface area contributed by atoms with Gasteiger partial charge in [-0.15, -0.1) is 0 Å². The summed E-state index contributed by atoms with van der Waals surface area (Å²) < 4.78 is 11.5. The molecular formula is C23H27N3O4. The molecule has 2 aliphatic rings. The summed E-state index contributed by atoms with van der Waals surface area (Å²) in [5.74, 6) is 1.16. The van der Waals surface area contributed by atoms with E-state index in [4.69, 9.17) is 9.47 Å². The number of fused-ring (bicyclic) bond motifs is 1. The molecule has 1 fully saturated rings. The Morgan fingerprint density at radius 1 is 1.03 bits per heavy atom. The molecule has 7 heteroatoms. The minimum atomic E-state index is -0.626. The zero-order valence-electron chi connectivity index (χ0n) is 17.4. The maximum atomic E-state index is 12.8. The van der Waals surface area contributed by atoms with Gasteiger partial charge in [0.15, 0.2) is 11.5 Å². The van der Waals surface area contributed by atoms with Gasteiger partial charge in [-0.2, -0.15) is 0 Å². The minimum Gasteiger partial charge on any atom is -0.485 e. The molecule has 2 aromatic carbocycles. The average molecular weight is 409 g/mol. The molecule has 0 aromatic heterocycles. The van der Waals surface area contributed by atoms with Crippen molar-refractivity contribution in [1.29, 1.82) is 0 Å². The molecule has 4 rings (SSSR count). The Morgan fingerprint density at radius 2 is 1.77 bits per heavy atom. The van der Waals surface area contributed by atoms with Gasteiger partial charge in [0.2, 0.25) is 12.0 Å². The summed E-state index contributed by atoms with van der Waals surface area (Å²) in [4.78, 5) is 29.1. The third-order valence-corrected chi connectivity index (χ3v) is 5.50. The van der Waals surface area contributed by atoms with Crippen molar-refractivity contribution in [1.82, 2.24) is 9.80 Å². The van der Waals surface area contributed by atoms with E-state index in [0.29, 0.717) is 44.2 Å². The van der Waals surface area contributed by atoms with E-state index in [9.17, 15) is 9.59 Å². The van der Waals surface area contributed by atoms with Gasteiger partial charge in [-0.25, -0.2) is 0 Å². The van der Waals surface area contributed by atoms with Crippen molar-refractivity contribution >= 4 is 17.5 Å². The summed E-state index contributed by atoms with van der Waals surface area (Å²) in [7, 11) is 0. The molecule has 7 nitrogen and oxygen atoms in total. The van der Waals surface area contributed by atoms with Crippen LogP contribution in [0.15, 0.2) is 42.5 Å². The molecule has 158 valence electrons. The molecule has 2 heterocycles. The number of hydrogen-bond acceptors (Lipinski definition) is 5. The fourth-order valence-electron chi connectivity index (χ4n) is 3.73. The predicted octanol–water partition coefficient (Wildman–Crippen LogP) is 2.23. The maximum absolute atomic E-state index is 12.8. The smallest absolute Gasteiger partial charge is 0.267 e. The van der Waals surface area contributed by atoms with E-state index in [0.717, 1.165) is 16.8 Å². The van der Waals surface area contributed by atoms with Crippen LogP contribution in [0.2, 0.25) is 0 Å². The molecule has 30 heavy (non-hydrogen) atoms. The second-order valence-electron chi connectivity index (χ2n) is 7.83. The lowest BCUT2D eigenvalue weighted by atomic mass is 10.1. The van der Waals surface area contributed by atoms with Gasteiger partial charge in [-0.05, 0) is 43.2 Å². The van der Waals surface area contributed by atoms with E-state index in [-0.39, 0.29) is 18.4 Å². The van der Waals surface area contributed by atoms with Crippen molar-refractivity contribution in [3.63, 3.8) is 0 Å². The number of amides is 2. The van der Waals surface area contributed by atoms with Crippen LogP contribution in [0.4, 0.5) is 5.69 Å². The molecule has 0 aliphatic carbocycles. The van der Waals surface area contributed by atoms with Crippen molar-refractivity contribution < 1.29 is 19.1 Å². The van der Waals surface area contributed by atoms with Gasteiger partial charge in [0.1, 0.15) is 6.61 Å². The van der Waals surface area contributed by atoms with Gasteiger partial charge < -0.3 is 19.7 Å². The van der Waals surface area contributed by atoms with Crippen LogP contribution in [0.5, 0.6) is 11.5 Å². The lowest BCUT2D eigenvalue weighted by molar-refractivity contribution is -0.143. The minimum absolute atomic E-state index is 0.0379. The van der Waals surface area contributed by atoms with E-state index in [1.807, 2.05) is 50.2 Å². The molecule has 0 bridgehead atoms. The molecule has 1 atom stereocenters. The second kappa shape index (κ2) is 8.75. The Hall–Kier alpha value is -3.06. The average Bonchev–Trinajstić information content (AvgIpc) is 2.76. The van der Waals surface area contributed by atoms with Crippen LogP contribution in [0, 0.1) is 13.8 Å². The van der Waals surface area contributed by atoms with Crippen LogP contribution in [0.1, 0.15) is 11.1 Å². The van der Waals surface area contributed by atoms with E-state index < -0.39 is 6.10 Å². The highest BCUT2D eigenvalue weighted by Crippen LogP contribution is 2.31. The molecule has 0 saturated carbocycles. The van der Waals surface area contributed by atoms with Crippen LogP contribution >= 0.6 is 0 Å². The number of nitrogens with one attached hydrogen (secondary N) is 1. The van der Waals surface area contributed by atoms with Crippen molar-refractivity contribution in [2.75, 3.05) is 44.6 Å². The Morgan fingerprint density at radius 3 is 2.53 bits per heavy atom. The van der Waals surface area contributed by atoms with E-state index in [1.54, 1.807) is 11.0 Å². The normalized spacial score (nSPS) is 18.7. The molecule has 0 unspecified atom stereocenters. The molecule has 1 N–H and O–H groups in total. The molecular weight excluding hydrogens is 382 g/mol. The Balaban J connectivity index is 1.26. The molecule has 0 spiro atoms. The van der Waals surface area contributed by atoms with Gasteiger partial charge in [0.05, 0.1) is 6.54 Å². The number of anilines is 1. The van der Waals surface area contributed by atoms with Gasteiger partial charge in [0.25, 0.3) is 5.91 Å². The predicted molar refractivity (Wildman–Crippen MR) is 114 cm³/mol. The molecule has 2 amide bonds. The summed E-state index contributed by atoms with van der Waals surface area (Å²) in [6.07, 6.45) is -0.626. The largest absolute Gasteiger partial charge is 0.485 e. The fourth-order valence-corrected chi connectivity index (χ4v) is 3.73. The number of benzene rings is 2. The van der Waals surface area contributed by atoms with Crippen molar-refractivity contribution in [3.8, 4) is 11.5 Å². The first-order valence-corrected chi connectivity index (χ1v) is 10.3. The van der Waals surface area contributed by atoms with Crippen LogP contribution < -0.4 is 14.8 Å². The van der Waals surface area contributed by atoms with Gasteiger partial charge in [0, 0.05) is 31.9 Å². The summed E-state index contributed by atoms with van der Waals surface area (Å²) in [5, 5.41) is 3.00. The van der Waals surface area contributed by atoms with Crippen molar-refractivity contribution in [3.05, 3.63) is 53.6 Å². The standard InChI is InChI=1S/C23H27N3O4/c1-16-7-8-17(2)18(13-16)24-22(27)14-25-9-11-26(12-10-25)23(28)21-15-29-19-5-3-4-6-20(19)30-21/h3-8,13,21H,9-12,14-15H2,1-2H3,(H,24,27)/t21-/m1/s1. The number of rotatable bonds is 4. The van der Waals surface area contributed by atoms with Crippen LogP contribution in [0.25, 0.3) is 0 Å². The third kappa shape index (κ3) is 4.57. The molecule has 0 radical (unpaired) electrons. The van der Waals surface area contributed by atoms with E-state index >= 15 is 0 Å². The number of carbonyl (C=O) groups is 2. The topological polar surface area (TPSA) is 71.1 Å². The highest BCUT2D eigenvalue weighted by atomic mass is 16.6. The van der Waals surface area contributed by atoms with Crippen LogP contribution in [-0.2, 0) is 9.59 Å². The van der Waals surface area contributed by atoms with Gasteiger partial charge >= 0.3 is 0 Å². The maximum Gasteiger partial charge on any atom is 0.267 e. The highest BCUT2D eigenvalue weighted by Gasteiger charge is 2.32. The number of para-hydroxylation sites is 2. The molecule has 1 saturated heterocycles. The zero-order valence-corrected chi connectivity index (χ0v) is 17.4. The summed E-state index contributed by atoms with van der Waals surface area (Å²) in [5.41, 5.74) is 3.00. The SMILES string of the molecule is Cc1ccc(C)c(NC(=O)CN2CCN(C(=O)[C@H]3COc4ccccc4O3)CC2)c1. The summed E-state index contributed by atoms with van der Waals surface area (Å²) in [6, 6.07) is 13.4. The van der Waals surface area contributed by atoms with E-state index in [1.165, 1.54) is 0 Å². The number of hydrogen-bond donors (Lipinski definition) is 1. The molecule has 2 aliphatic heterocycles. The van der Waals surface area contributed by atoms with Crippen LogP contribution in [0.3, 0.4) is 0 Å². The quantitative estimate of drug-likeness (QED) is 0.839. The summed E-state index contributed by atoms with van der Waals surface area (Å²) in [6.45, 7) is 6.94. The monoisotopic (exact) mass is 409 g/mol. The number of nitrogens with zero attached hydrogens (tertiary/aromatic N) is 2. The first kappa shape index (κ1) is 20.2.